The first kappa shape index (κ1) is 16.0. The summed E-state index contributed by atoms with van der Waals surface area (Å²) in [4.78, 5) is 4.34. The Morgan fingerprint density at radius 1 is 1.38 bits per heavy atom. The maximum atomic E-state index is 6.02. The van der Waals surface area contributed by atoms with Crippen molar-refractivity contribution in [2.45, 2.75) is 46.5 Å². The minimum atomic E-state index is 0.441. The number of rotatable bonds is 7. The van der Waals surface area contributed by atoms with E-state index in [1.165, 1.54) is 0 Å². The Labute approximate surface area is 134 Å². The van der Waals surface area contributed by atoms with Crippen molar-refractivity contribution >= 4 is 15.9 Å². The van der Waals surface area contributed by atoms with Crippen molar-refractivity contribution in [3.8, 4) is 5.75 Å². The first-order valence-electron chi connectivity index (χ1n) is 7.25. The normalized spacial score (nSPS) is 11.1. The molecule has 1 aromatic carbocycles. The molecule has 0 saturated carbocycles. The lowest BCUT2D eigenvalue weighted by Gasteiger charge is -2.15. The Bertz CT molecular complexity index is 581. The molecule has 5 heteroatoms. The van der Waals surface area contributed by atoms with E-state index in [0.29, 0.717) is 12.6 Å². The minimum Gasteiger partial charge on any atom is -0.484 e. The Morgan fingerprint density at radius 2 is 2.19 bits per heavy atom. The summed E-state index contributed by atoms with van der Waals surface area (Å²) in [6.07, 6.45) is 3.78. The minimum absolute atomic E-state index is 0.441. The fourth-order valence-corrected chi connectivity index (χ4v) is 2.60. The highest BCUT2D eigenvalue weighted by Crippen LogP contribution is 2.29. The second kappa shape index (κ2) is 7.61. The van der Waals surface area contributed by atoms with Gasteiger partial charge in [-0.3, -0.25) is 0 Å². The fourth-order valence-electron chi connectivity index (χ4n) is 2.07. The van der Waals surface area contributed by atoms with Gasteiger partial charge in [-0.1, -0.05) is 26.0 Å². The van der Waals surface area contributed by atoms with E-state index in [4.69, 9.17) is 4.74 Å². The van der Waals surface area contributed by atoms with Gasteiger partial charge in [-0.05, 0) is 28.9 Å². The van der Waals surface area contributed by atoms with Crippen molar-refractivity contribution in [2.75, 3.05) is 0 Å². The number of benzene rings is 1. The molecule has 0 amide bonds. The molecule has 1 heterocycles. The maximum absolute atomic E-state index is 6.02. The number of imidazole rings is 1. The number of para-hydroxylation sites is 1. The third-order valence-electron chi connectivity index (χ3n) is 3.24. The van der Waals surface area contributed by atoms with Gasteiger partial charge in [0, 0.05) is 37.1 Å². The molecule has 2 aromatic rings. The van der Waals surface area contributed by atoms with Crippen LogP contribution in [0.15, 0.2) is 35.1 Å². The monoisotopic (exact) mass is 351 g/mol. The highest BCUT2D eigenvalue weighted by Gasteiger charge is 2.10. The number of hydrogen-bond donors (Lipinski definition) is 1. The Hall–Kier alpha value is -1.33. The van der Waals surface area contributed by atoms with Crippen LogP contribution >= 0.6 is 15.9 Å². The van der Waals surface area contributed by atoms with Crippen molar-refractivity contribution in [3.63, 3.8) is 0 Å². The van der Waals surface area contributed by atoms with Gasteiger partial charge in [0.25, 0.3) is 0 Å². The summed E-state index contributed by atoms with van der Waals surface area (Å²) in [6.45, 7) is 8.53. The standard InChI is InChI=1S/C16H22BrN3O/c1-4-20-9-8-18-15(20)11-21-16-13(10-19-12(2)3)6-5-7-14(16)17/h5-9,12,19H,4,10-11H2,1-3H3. The van der Waals surface area contributed by atoms with E-state index in [1.54, 1.807) is 0 Å². The van der Waals surface area contributed by atoms with Crippen LogP contribution in [0.1, 0.15) is 32.2 Å². The Morgan fingerprint density at radius 3 is 2.90 bits per heavy atom. The van der Waals surface area contributed by atoms with Crippen molar-refractivity contribution < 1.29 is 4.74 Å². The van der Waals surface area contributed by atoms with E-state index < -0.39 is 0 Å². The largest absolute Gasteiger partial charge is 0.484 e. The summed E-state index contributed by atoms with van der Waals surface area (Å²) in [7, 11) is 0. The van der Waals surface area contributed by atoms with Crippen molar-refractivity contribution in [1.29, 1.82) is 0 Å². The van der Waals surface area contributed by atoms with Crippen molar-refractivity contribution in [3.05, 3.63) is 46.5 Å². The number of ether oxygens (including phenoxy) is 1. The third-order valence-corrected chi connectivity index (χ3v) is 3.86. The quantitative estimate of drug-likeness (QED) is 0.825. The van der Waals surface area contributed by atoms with Gasteiger partial charge in [-0.15, -0.1) is 0 Å². The molecule has 2 rings (SSSR count). The molecule has 21 heavy (non-hydrogen) atoms. The molecule has 0 fully saturated rings. The summed E-state index contributed by atoms with van der Waals surface area (Å²) in [5.74, 6) is 1.83. The van der Waals surface area contributed by atoms with Gasteiger partial charge in [-0.25, -0.2) is 4.98 Å². The molecule has 0 atom stereocenters. The van der Waals surface area contributed by atoms with E-state index in [2.05, 4.69) is 57.6 Å². The number of nitrogens with zero attached hydrogens (tertiary/aromatic N) is 2. The van der Waals surface area contributed by atoms with Gasteiger partial charge in [0.2, 0.25) is 0 Å². The van der Waals surface area contributed by atoms with E-state index in [0.717, 1.165) is 34.7 Å². The summed E-state index contributed by atoms with van der Waals surface area (Å²) in [6, 6.07) is 6.56. The first-order chi connectivity index (χ1) is 10.1. The van der Waals surface area contributed by atoms with Crippen LogP contribution < -0.4 is 10.1 Å². The number of aromatic nitrogens is 2. The molecule has 0 bridgehead atoms. The summed E-state index contributed by atoms with van der Waals surface area (Å²) < 4.78 is 9.08. The molecule has 0 unspecified atom stereocenters. The zero-order valence-corrected chi connectivity index (χ0v) is 14.4. The topological polar surface area (TPSA) is 39.1 Å². The Balaban J connectivity index is 2.11. The first-order valence-corrected chi connectivity index (χ1v) is 8.04. The average molecular weight is 352 g/mol. The lowest BCUT2D eigenvalue weighted by Crippen LogP contribution is -2.22. The highest BCUT2D eigenvalue weighted by atomic mass is 79.9. The van der Waals surface area contributed by atoms with Crippen LogP contribution in [-0.4, -0.2) is 15.6 Å². The summed E-state index contributed by atoms with van der Waals surface area (Å²) >= 11 is 3.57. The van der Waals surface area contributed by atoms with E-state index in [9.17, 15) is 0 Å². The average Bonchev–Trinajstić information content (AvgIpc) is 2.91. The third kappa shape index (κ3) is 4.32. The van der Waals surface area contributed by atoms with Crippen LogP contribution in [0.5, 0.6) is 5.75 Å². The molecule has 0 aliphatic heterocycles. The van der Waals surface area contributed by atoms with Crippen LogP contribution in [0.2, 0.25) is 0 Å². The van der Waals surface area contributed by atoms with Crippen LogP contribution in [0.4, 0.5) is 0 Å². The van der Waals surface area contributed by atoms with E-state index in [-0.39, 0.29) is 0 Å². The zero-order valence-electron chi connectivity index (χ0n) is 12.8. The molecule has 0 spiro atoms. The number of hydrogen-bond acceptors (Lipinski definition) is 3. The second-order valence-corrected chi connectivity index (χ2v) is 6.04. The predicted octanol–water partition coefficient (Wildman–Crippen LogP) is 3.74. The van der Waals surface area contributed by atoms with Crippen LogP contribution in [0.3, 0.4) is 0 Å². The summed E-state index contributed by atoms with van der Waals surface area (Å²) in [5, 5.41) is 3.42. The molecule has 0 aliphatic carbocycles. The molecule has 1 aromatic heterocycles. The van der Waals surface area contributed by atoms with Gasteiger partial charge in [-0.2, -0.15) is 0 Å². The van der Waals surface area contributed by atoms with Gasteiger partial charge in [0.1, 0.15) is 18.2 Å². The van der Waals surface area contributed by atoms with E-state index >= 15 is 0 Å². The molecule has 0 radical (unpaired) electrons. The van der Waals surface area contributed by atoms with Crippen molar-refractivity contribution in [2.24, 2.45) is 0 Å². The van der Waals surface area contributed by atoms with E-state index in [1.807, 2.05) is 24.5 Å². The van der Waals surface area contributed by atoms with Crippen LogP contribution in [0.25, 0.3) is 0 Å². The highest BCUT2D eigenvalue weighted by molar-refractivity contribution is 9.10. The molecule has 0 aliphatic rings. The maximum Gasteiger partial charge on any atom is 0.146 e. The van der Waals surface area contributed by atoms with Crippen molar-refractivity contribution in [1.82, 2.24) is 14.9 Å². The predicted molar refractivity (Wildman–Crippen MR) is 88.4 cm³/mol. The second-order valence-electron chi connectivity index (χ2n) is 5.18. The van der Waals surface area contributed by atoms with Gasteiger partial charge in [0.05, 0.1) is 4.47 Å². The zero-order chi connectivity index (χ0) is 15.2. The molecular formula is C16H22BrN3O. The number of halogens is 1. The lowest BCUT2D eigenvalue weighted by atomic mass is 10.2. The fraction of sp³-hybridized carbons (Fsp3) is 0.438. The SMILES string of the molecule is CCn1ccnc1COc1c(Br)cccc1CNC(C)C. The smallest absolute Gasteiger partial charge is 0.146 e. The number of nitrogens with one attached hydrogen (secondary N) is 1. The van der Waals surface area contributed by atoms with Crippen LogP contribution in [0, 0.1) is 0 Å². The number of aryl methyl sites for hydroxylation is 1. The molecule has 0 saturated heterocycles. The molecule has 4 nitrogen and oxygen atoms in total. The molecule has 114 valence electrons. The van der Waals surface area contributed by atoms with Crippen LogP contribution in [-0.2, 0) is 19.7 Å². The van der Waals surface area contributed by atoms with Gasteiger partial charge >= 0.3 is 0 Å². The van der Waals surface area contributed by atoms with Gasteiger partial charge < -0.3 is 14.6 Å². The molecular weight excluding hydrogens is 330 g/mol. The lowest BCUT2D eigenvalue weighted by molar-refractivity contribution is 0.284. The van der Waals surface area contributed by atoms with Gasteiger partial charge in [0.15, 0.2) is 0 Å². The molecule has 1 N–H and O–H groups in total. The Kier molecular flexibility index (Phi) is 5.82. The summed E-state index contributed by atoms with van der Waals surface area (Å²) in [5.41, 5.74) is 1.15.